The lowest BCUT2D eigenvalue weighted by molar-refractivity contribution is -0.0500. The first kappa shape index (κ1) is 21.5. The van der Waals surface area contributed by atoms with Crippen molar-refractivity contribution in [2.45, 2.75) is 83.8 Å². The van der Waals surface area contributed by atoms with Crippen LogP contribution in [0.2, 0.25) is 0 Å². The van der Waals surface area contributed by atoms with Crippen LogP contribution in [0.25, 0.3) is 5.65 Å². The number of alkyl halides is 2. The summed E-state index contributed by atoms with van der Waals surface area (Å²) in [4.78, 5) is 17.1. The second-order valence-corrected chi connectivity index (χ2v) is 8.90. The quantitative estimate of drug-likeness (QED) is 0.750. The fourth-order valence-electron chi connectivity index (χ4n) is 3.77. The molecule has 1 N–H and O–H groups in total. The van der Waals surface area contributed by atoms with E-state index in [2.05, 4.69) is 22.3 Å². The van der Waals surface area contributed by atoms with Crippen molar-refractivity contribution in [3.63, 3.8) is 0 Å². The highest BCUT2D eigenvalue weighted by atomic mass is 19.3. The van der Waals surface area contributed by atoms with E-state index in [0.717, 1.165) is 18.4 Å². The molecule has 0 spiro atoms. The number of aryl methyl sites for hydroxylation is 1. The van der Waals surface area contributed by atoms with Gasteiger partial charge in [0, 0.05) is 12.8 Å². The number of amides is 1. The number of rotatable bonds is 5. The van der Waals surface area contributed by atoms with Gasteiger partial charge in [-0.2, -0.15) is 5.10 Å². The van der Waals surface area contributed by atoms with Gasteiger partial charge in [0.1, 0.15) is 5.60 Å². The summed E-state index contributed by atoms with van der Waals surface area (Å²) < 4.78 is 34.4. The number of nitrogens with one attached hydrogen (secondary N) is 1. The van der Waals surface area contributed by atoms with Gasteiger partial charge in [0.25, 0.3) is 0 Å². The Labute approximate surface area is 170 Å². The summed E-state index contributed by atoms with van der Waals surface area (Å²) in [5.74, 6) is -2.77. The minimum absolute atomic E-state index is 0.137. The first-order valence-electron chi connectivity index (χ1n) is 10.3. The average molecular weight is 408 g/mol. The summed E-state index contributed by atoms with van der Waals surface area (Å²) in [6.45, 7) is 7.45. The maximum atomic E-state index is 13.7. The second-order valence-electron chi connectivity index (χ2n) is 8.90. The first-order chi connectivity index (χ1) is 13.6. The third-order valence-electron chi connectivity index (χ3n) is 5.16. The number of carbonyl (C=O) groups excluding carboxylic acids is 1. The Morgan fingerprint density at radius 1 is 1.38 bits per heavy atom. The average Bonchev–Trinajstić information content (AvgIpc) is 3.02. The molecule has 0 aromatic carbocycles. The molecule has 1 saturated carbocycles. The molecule has 0 aliphatic heterocycles. The van der Waals surface area contributed by atoms with Crippen molar-refractivity contribution < 1.29 is 18.3 Å². The van der Waals surface area contributed by atoms with Crippen LogP contribution in [0.15, 0.2) is 18.5 Å². The topological polar surface area (TPSA) is 68.5 Å². The predicted molar refractivity (Wildman–Crippen MR) is 106 cm³/mol. The fraction of sp³-hybridized carbons (Fsp3) is 0.667. The van der Waals surface area contributed by atoms with E-state index in [4.69, 9.17) is 4.74 Å². The lowest BCUT2D eigenvalue weighted by Gasteiger charge is -2.33. The maximum Gasteiger partial charge on any atom is 0.408 e. The third kappa shape index (κ3) is 5.64. The molecule has 0 bridgehead atoms. The van der Waals surface area contributed by atoms with E-state index in [-0.39, 0.29) is 18.8 Å². The second kappa shape index (κ2) is 8.24. The normalized spacial score (nSPS) is 18.6. The van der Waals surface area contributed by atoms with Gasteiger partial charge in [-0.3, -0.25) is 0 Å². The van der Waals surface area contributed by atoms with Crippen LogP contribution in [0.5, 0.6) is 0 Å². The van der Waals surface area contributed by atoms with Crippen LogP contribution in [-0.4, -0.2) is 32.2 Å². The molecule has 1 aliphatic rings. The van der Waals surface area contributed by atoms with Crippen LogP contribution in [0.4, 0.5) is 13.6 Å². The number of hydrogen-bond acceptors (Lipinski definition) is 4. The third-order valence-corrected chi connectivity index (χ3v) is 5.16. The molecule has 1 aliphatic carbocycles. The van der Waals surface area contributed by atoms with Crippen molar-refractivity contribution >= 4 is 11.7 Å². The highest BCUT2D eigenvalue weighted by molar-refractivity contribution is 5.68. The largest absolute Gasteiger partial charge is 0.444 e. The van der Waals surface area contributed by atoms with Gasteiger partial charge < -0.3 is 10.1 Å². The lowest BCUT2D eigenvalue weighted by Crippen LogP contribution is -2.40. The summed E-state index contributed by atoms with van der Waals surface area (Å²) in [7, 11) is 0. The first-order valence-corrected chi connectivity index (χ1v) is 10.3. The number of carbonyl (C=O) groups is 1. The van der Waals surface area contributed by atoms with Crippen LogP contribution < -0.4 is 5.32 Å². The molecule has 1 fully saturated rings. The molecule has 0 unspecified atom stereocenters. The number of nitrogens with zero attached hydrogens (tertiary/aromatic N) is 3. The SMILES string of the molecule is CCCc1cnn2cc([C@@H](NC(=O)OC(C)(C)C)C3CCC(F)(F)CC3)nc2c1. The molecule has 160 valence electrons. The van der Waals surface area contributed by atoms with Crippen molar-refractivity contribution in [3.8, 4) is 0 Å². The minimum atomic E-state index is -2.64. The molecule has 29 heavy (non-hydrogen) atoms. The molecular formula is C21H30F2N4O2. The molecule has 1 amide bonds. The zero-order chi connectivity index (χ0) is 21.2. The Morgan fingerprint density at radius 2 is 2.07 bits per heavy atom. The fourth-order valence-corrected chi connectivity index (χ4v) is 3.77. The van der Waals surface area contributed by atoms with E-state index in [1.54, 1.807) is 37.7 Å². The van der Waals surface area contributed by atoms with Crippen molar-refractivity contribution in [2.24, 2.45) is 5.92 Å². The molecule has 2 aromatic rings. The van der Waals surface area contributed by atoms with Crippen LogP contribution in [0.1, 0.15) is 77.1 Å². The molecule has 2 aromatic heterocycles. The van der Waals surface area contributed by atoms with Gasteiger partial charge in [-0.15, -0.1) is 0 Å². The van der Waals surface area contributed by atoms with E-state index >= 15 is 0 Å². The molecule has 3 rings (SSSR count). The summed E-state index contributed by atoms with van der Waals surface area (Å²) >= 11 is 0. The smallest absolute Gasteiger partial charge is 0.408 e. The van der Waals surface area contributed by atoms with Gasteiger partial charge >= 0.3 is 6.09 Å². The summed E-state index contributed by atoms with van der Waals surface area (Å²) in [6, 6.07) is 1.47. The van der Waals surface area contributed by atoms with Crippen LogP contribution >= 0.6 is 0 Å². The standard InChI is InChI=1S/C21H30F2N4O2/c1-5-6-14-11-17-25-16(13-27(17)24-12-14)18(26-19(28)29-20(2,3)4)15-7-9-21(22,23)10-8-15/h11-13,15,18H,5-10H2,1-4H3,(H,26,28)/t18-/m0/s1. The molecule has 8 heteroatoms. The van der Waals surface area contributed by atoms with Crippen LogP contribution in [-0.2, 0) is 11.2 Å². The van der Waals surface area contributed by atoms with Gasteiger partial charge in [-0.05, 0) is 57.6 Å². The Kier molecular flexibility index (Phi) is 6.10. The summed E-state index contributed by atoms with van der Waals surface area (Å²) in [5.41, 5.74) is 1.74. The van der Waals surface area contributed by atoms with Gasteiger partial charge in [0.05, 0.1) is 24.1 Å². The number of fused-ring (bicyclic) bond motifs is 1. The zero-order valence-electron chi connectivity index (χ0n) is 17.5. The van der Waals surface area contributed by atoms with Crippen molar-refractivity contribution in [1.82, 2.24) is 19.9 Å². The van der Waals surface area contributed by atoms with Crippen molar-refractivity contribution in [3.05, 3.63) is 29.7 Å². The molecule has 1 atom stereocenters. The Balaban J connectivity index is 1.87. The molecule has 2 heterocycles. The number of aromatic nitrogens is 3. The van der Waals surface area contributed by atoms with Gasteiger partial charge in [0.15, 0.2) is 5.65 Å². The number of halogens is 2. The van der Waals surface area contributed by atoms with E-state index in [1.807, 2.05) is 6.07 Å². The Morgan fingerprint density at radius 3 is 2.69 bits per heavy atom. The molecule has 0 radical (unpaired) electrons. The Bertz CT molecular complexity index is 850. The summed E-state index contributed by atoms with van der Waals surface area (Å²) in [6.07, 6.45) is 5.17. The molecular weight excluding hydrogens is 378 g/mol. The van der Waals surface area contributed by atoms with Crippen LogP contribution in [0, 0.1) is 5.92 Å². The number of alkyl carbamates (subject to hydrolysis) is 1. The van der Waals surface area contributed by atoms with E-state index in [0.29, 0.717) is 24.2 Å². The highest BCUT2D eigenvalue weighted by Gasteiger charge is 2.39. The van der Waals surface area contributed by atoms with Crippen molar-refractivity contribution in [1.29, 1.82) is 0 Å². The van der Waals surface area contributed by atoms with Gasteiger partial charge in [-0.25, -0.2) is 23.1 Å². The number of hydrogen-bond donors (Lipinski definition) is 1. The monoisotopic (exact) mass is 408 g/mol. The summed E-state index contributed by atoms with van der Waals surface area (Å²) in [5, 5.41) is 7.28. The molecule has 0 saturated heterocycles. The maximum absolute atomic E-state index is 13.7. The zero-order valence-corrected chi connectivity index (χ0v) is 17.5. The number of imidazole rings is 1. The lowest BCUT2D eigenvalue weighted by atomic mass is 9.81. The minimum Gasteiger partial charge on any atom is -0.444 e. The van der Waals surface area contributed by atoms with Crippen LogP contribution in [0.3, 0.4) is 0 Å². The van der Waals surface area contributed by atoms with E-state index in [9.17, 15) is 13.6 Å². The predicted octanol–water partition coefficient (Wildman–Crippen LogP) is 5.07. The van der Waals surface area contributed by atoms with Gasteiger partial charge in [-0.1, -0.05) is 13.3 Å². The van der Waals surface area contributed by atoms with Crippen molar-refractivity contribution in [2.75, 3.05) is 0 Å². The number of ether oxygens (including phenoxy) is 1. The van der Waals surface area contributed by atoms with E-state index in [1.165, 1.54) is 0 Å². The Hall–Kier alpha value is -2.25. The van der Waals surface area contributed by atoms with Gasteiger partial charge in [0.2, 0.25) is 5.92 Å². The molecule has 6 nitrogen and oxygen atoms in total. The highest BCUT2D eigenvalue weighted by Crippen LogP contribution is 2.41. The van der Waals surface area contributed by atoms with E-state index < -0.39 is 23.7 Å².